The van der Waals surface area contributed by atoms with Gasteiger partial charge in [0, 0.05) is 12.0 Å². The van der Waals surface area contributed by atoms with Crippen LogP contribution in [0.1, 0.15) is 58.4 Å². The van der Waals surface area contributed by atoms with Crippen molar-refractivity contribution in [1.29, 1.82) is 0 Å². The second kappa shape index (κ2) is 8.34. The molecule has 0 saturated carbocycles. The Morgan fingerprint density at radius 1 is 1.05 bits per heavy atom. The van der Waals surface area contributed by atoms with Crippen molar-refractivity contribution in [1.82, 2.24) is 5.43 Å². The van der Waals surface area contributed by atoms with Crippen LogP contribution in [-0.4, -0.2) is 6.04 Å². The minimum Gasteiger partial charge on any atom is -0.271 e. The van der Waals surface area contributed by atoms with Crippen molar-refractivity contribution >= 4 is 0 Å². The molecule has 0 amide bonds. The van der Waals surface area contributed by atoms with Crippen LogP contribution >= 0.6 is 0 Å². The molecule has 0 aliphatic heterocycles. The number of hydrogen-bond acceptors (Lipinski definition) is 2. The van der Waals surface area contributed by atoms with Gasteiger partial charge in [0.1, 0.15) is 0 Å². The van der Waals surface area contributed by atoms with E-state index in [1.54, 1.807) is 0 Å². The van der Waals surface area contributed by atoms with E-state index in [0.29, 0.717) is 17.9 Å². The number of nitrogens with one attached hydrogen (secondary N) is 1. The first-order valence-electron chi connectivity index (χ1n) is 7.59. The quantitative estimate of drug-likeness (QED) is 0.547. The van der Waals surface area contributed by atoms with Crippen molar-refractivity contribution in [2.75, 3.05) is 0 Å². The van der Waals surface area contributed by atoms with Gasteiger partial charge >= 0.3 is 0 Å². The highest BCUT2D eigenvalue weighted by atomic mass is 15.2. The van der Waals surface area contributed by atoms with Crippen LogP contribution in [0.15, 0.2) is 30.3 Å². The molecule has 3 unspecified atom stereocenters. The van der Waals surface area contributed by atoms with Crippen LogP contribution in [0.2, 0.25) is 0 Å². The van der Waals surface area contributed by atoms with Crippen molar-refractivity contribution in [2.45, 2.75) is 58.9 Å². The Morgan fingerprint density at radius 3 is 2.16 bits per heavy atom. The summed E-state index contributed by atoms with van der Waals surface area (Å²) in [7, 11) is 0. The van der Waals surface area contributed by atoms with Crippen LogP contribution in [0.4, 0.5) is 0 Å². The molecular formula is C17H30N2. The smallest absolute Gasteiger partial charge is 0.0281 e. The van der Waals surface area contributed by atoms with Crippen molar-refractivity contribution < 1.29 is 0 Å². The van der Waals surface area contributed by atoms with Gasteiger partial charge in [-0.25, -0.2) is 0 Å². The number of benzene rings is 1. The van der Waals surface area contributed by atoms with Crippen molar-refractivity contribution in [3.05, 3.63) is 35.9 Å². The molecule has 2 heteroatoms. The van der Waals surface area contributed by atoms with Crippen LogP contribution in [0, 0.1) is 11.8 Å². The highest BCUT2D eigenvalue weighted by Crippen LogP contribution is 2.28. The van der Waals surface area contributed by atoms with Crippen LogP contribution in [0.3, 0.4) is 0 Å². The standard InChI is InChI=1S/C17H30N2/c1-5-16(15-9-7-6-8-10-15)17(19-18)12-14(4)11-13(2)3/h6-10,13-14,16-17,19H,5,11-12,18H2,1-4H3. The molecule has 2 nitrogen and oxygen atoms in total. The predicted molar refractivity (Wildman–Crippen MR) is 83.8 cm³/mol. The summed E-state index contributed by atoms with van der Waals surface area (Å²) in [6.45, 7) is 9.16. The molecular weight excluding hydrogens is 232 g/mol. The highest BCUT2D eigenvalue weighted by molar-refractivity contribution is 5.21. The fourth-order valence-corrected chi connectivity index (χ4v) is 3.14. The molecule has 19 heavy (non-hydrogen) atoms. The summed E-state index contributed by atoms with van der Waals surface area (Å²) in [6.07, 6.45) is 3.53. The summed E-state index contributed by atoms with van der Waals surface area (Å²) in [5.74, 6) is 7.78. The van der Waals surface area contributed by atoms with E-state index in [1.165, 1.54) is 12.0 Å². The van der Waals surface area contributed by atoms with E-state index in [2.05, 4.69) is 63.5 Å². The number of nitrogens with two attached hydrogens (primary N) is 1. The van der Waals surface area contributed by atoms with Gasteiger partial charge < -0.3 is 0 Å². The van der Waals surface area contributed by atoms with E-state index in [4.69, 9.17) is 5.84 Å². The summed E-state index contributed by atoms with van der Waals surface area (Å²) >= 11 is 0. The molecule has 0 aliphatic carbocycles. The molecule has 0 fully saturated rings. The second-order valence-corrected chi connectivity index (χ2v) is 6.17. The van der Waals surface area contributed by atoms with Crippen molar-refractivity contribution in [3.8, 4) is 0 Å². The Morgan fingerprint density at radius 2 is 1.68 bits per heavy atom. The van der Waals surface area contributed by atoms with Gasteiger partial charge in [-0.05, 0) is 36.7 Å². The predicted octanol–water partition coefficient (Wildman–Crippen LogP) is 4.08. The molecule has 0 saturated heterocycles. The van der Waals surface area contributed by atoms with E-state index in [0.717, 1.165) is 18.8 Å². The topological polar surface area (TPSA) is 38.0 Å². The maximum Gasteiger partial charge on any atom is 0.0281 e. The van der Waals surface area contributed by atoms with Crippen LogP contribution < -0.4 is 11.3 Å². The zero-order valence-corrected chi connectivity index (χ0v) is 12.9. The minimum absolute atomic E-state index is 0.362. The van der Waals surface area contributed by atoms with Crippen molar-refractivity contribution in [3.63, 3.8) is 0 Å². The van der Waals surface area contributed by atoms with Crippen LogP contribution in [0.25, 0.3) is 0 Å². The monoisotopic (exact) mass is 262 g/mol. The molecule has 108 valence electrons. The molecule has 3 N–H and O–H groups in total. The van der Waals surface area contributed by atoms with Gasteiger partial charge in [-0.15, -0.1) is 0 Å². The zero-order valence-electron chi connectivity index (χ0n) is 12.9. The highest BCUT2D eigenvalue weighted by Gasteiger charge is 2.22. The molecule has 3 atom stereocenters. The largest absolute Gasteiger partial charge is 0.271 e. The number of hydrogen-bond donors (Lipinski definition) is 2. The van der Waals surface area contributed by atoms with Gasteiger partial charge in [0.25, 0.3) is 0 Å². The Balaban J connectivity index is 2.71. The van der Waals surface area contributed by atoms with Gasteiger partial charge in [0.05, 0.1) is 0 Å². The summed E-state index contributed by atoms with van der Waals surface area (Å²) in [5, 5.41) is 0. The van der Waals surface area contributed by atoms with Gasteiger partial charge in [-0.1, -0.05) is 58.0 Å². The first-order valence-corrected chi connectivity index (χ1v) is 7.59. The lowest BCUT2D eigenvalue weighted by molar-refractivity contribution is 0.318. The van der Waals surface area contributed by atoms with E-state index in [-0.39, 0.29) is 0 Å². The van der Waals surface area contributed by atoms with Gasteiger partial charge in [0.15, 0.2) is 0 Å². The Kier molecular flexibility index (Phi) is 7.11. The fourth-order valence-electron chi connectivity index (χ4n) is 3.14. The molecule has 0 aliphatic rings. The zero-order chi connectivity index (χ0) is 14.3. The van der Waals surface area contributed by atoms with E-state index < -0.39 is 0 Å². The SMILES string of the molecule is CCC(c1ccccc1)C(CC(C)CC(C)C)NN. The summed E-state index contributed by atoms with van der Waals surface area (Å²) in [6, 6.07) is 11.1. The summed E-state index contributed by atoms with van der Waals surface area (Å²) in [5.41, 5.74) is 4.45. The average Bonchev–Trinajstić information content (AvgIpc) is 2.38. The number of rotatable bonds is 8. The maximum absolute atomic E-state index is 5.82. The van der Waals surface area contributed by atoms with Gasteiger partial charge in [-0.3, -0.25) is 11.3 Å². The Bertz CT molecular complexity index is 334. The van der Waals surface area contributed by atoms with E-state index in [1.807, 2.05) is 0 Å². The van der Waals surface area contributed by atoms with Gasteiger partial charge in [-0.2, -0.15) is 0 Å². The Hall–Kier alpha value is -0.860. The molecule has 0 spiro atoms. The normalized spacial score (nSPS) is 16.3. The molecule has 1 aromatic rings. The third-order valence-electron chi connectivity index (χ3n) is 3.90. The average molecular weight is 262 g/mol. The van der Waals surface area contributed by atoms with E-state index >= 15 is 0 Å². The summed E-state index contributed by atoms with van der Waals surface area (Å²) in [4.78, 5) is 0. The molecule has 0 aromatic heterocycles. The third kappa shape index (κ3) is 5.33. The number of hydrazine groups is 1. The molecule has 0 radical (unpaired) electrons. The summed E-state index contributed by atoms with van der Waals surface area (Å²) < 4.78 is 0. The Labute approximate surface area is 118 Å². The lowest BCUT2D eigenvalue weighted by Gasteiger charge is -2.29. The van der Waals surface area contributed by atoms with Gasteiger partial charge in [0.2, 0.25) is 0 Å². The van der Waals surface area contributed by atoms with Crippen LogP contribution in [0.5, 0.6) is 0 Å². The minimum atomic E-state index is 0.362. The lowest BCUT2D eigenvalue weighted by Crippen LogP contribution is -2.41. The van der Waals surface area contributed by atoms with E-state index in [9.17, 15) is 0 Å². The van der Waals surface area contributed by atoms with Crippen LogP contribution in [-0.2, 0) is 0 Å². The molecule has 1 aromatic carbocycles. The third-order valence-corrected chi connectivity index (χ3v) is 3.90. The molecule has 1 rings (SSSR count). The second-order valence-electron chi connectivity index (χ2n) is 6.17. The first-order chi connectivity index (χ1) is 9.08. The first kappa shape index (κ1) is 16.2. The lowest BCUT2D eigenvalue weighted by atomic mass is 9.83. The van der Waals surface area contributed by atoms with Crippen molar-refractivity contribution in [2.24, 2.45) is 17.7 Å². The molecule has 0 bridgehead atoms. The molecule has 0 heterocycles. The maximum atomic E-state index is 5.82. The fraction of sp³-hybridized carbons (Fsp3) is 0.647.